The van der Waals surface area contributed by atoms with E-state index in [4.69, 9.17) is 0 Å². The Labute approximate surface area is 85.0 Å². The lowest BCUT2D eigenvalue weighted by molar-refractivity contribution is 0.552. The molecule has 0 fully saturated rings. The Hall–Kier alpha value is -0.683. The highest BCUT2D eigenvalue weighted by Gasteiger charge is 2.25. The summed E-state index contributed by atoms with van der Waals surface area (Å²) < 4.78 is 34.6. The van der Waals surface area contributed by atoms with Gasteiger partial charge in [0.05, 0.1) is 13.0 Å². The Bertz CT molecular complexity index is 434. The zero-order valence-corrected chi connectivity index (χ0v) is 10.2. The van der Waals surface area contributed by atoms with Gasteiger partial charge in [-0.3, -0.25) is 0 Å². The van der Waals surface area contributed by atoms with Gasteiger partial charge >= 0.3 is 10.2 Å². The molecular weight excluding hydrogens is 219 g/mol. The van der Waals surface area contributed by atoms with Crippen molar-refractivity contribution in [3.63, 3.8) is 0 Å². The van der Waals surface area contributed by atoms with Crippen molar-refractivity contribution in [3.05, 3.63) is 24.3 Å². The molecule has 0 saturated heterocycles. The molecule has 0 saturated carbocycles. The number of benzene rings is 1. The first-order valence-corrected chi connectivity index (χ1v) is 9.15. The third-order valence-corrected chi connectivity index (χ3v) is 5.07. The maximum Gasteiger partial charge on any atom is 0.331 e. The summed E-state index contributed by atoms with van der Waals surface area (Å²) in [7, 11) is -6.39. The van der Waals surface area contributed by atoms with Crippen molar-refractivity contribution in [1.29, 1.82) is 0 Å². The first-order chi connectivity index (χ1) is 6.23. The van der Waals surface area contributed by atoms with Gasteiger partial charge in [0.2, 0.25) is 0 Å². The van der Waals surface area contributed by atoms with Gasteiger partial charge in [0.15, 0.2) is 0 Å². The molecule has 0 spiro atoms. The van der Waals surface area contributed by atoms with E-state index in [0.717, 1.165) is 0 Å². The van der Waals surface area contributed by atoms with E-state index in [1.165, 1.54) is 12.1 Å². The quantitative estimate of drug-likeness (QED) is 0.576. The smallest absolute Gasteiger partial charge is 0.189 e. The fourth-order valence-corrected chi connectivity index (χ4v) is 4.57. The van der Waals surface area contributed by atoms with Gasteiger partial charge < -0.3 is 0 Å². The van der Waals surface area contributed by atoms with E-state index in [9.17, 15) is 12.3 Å². The molecule has 0 unspecified atom stereocenters. The van der Waals surface area contributed by atoms with Crippen LogP contribution in [-0.4, -0.2) is 16.5 Å². The molecule has 1 rings (SSSR count). The fourth-order valence-electron chi connectivity index (χ4n) is 1.30. The van der Waals surface area contributed by atoms with Gasteiger partial charge in [0.1, 0.15) is 0 Å². The Morgan fingerprint density at radius 3 is 2.00 bits per heavy atom. The van der Waals surface area contributed by atoms with Crippen molar-refractivity contribution in [2.24, 2.45) is 0 Å². The van der Waals surface area contributed by atoms with Crippen LogP contribution in [0.2, 0.25) is 19.6 Å². The molecule has 1 aromatic rings. The number of hydrogen-bond acceptors (Lipinski definition) is 2. The monoisotopic (exact) mass is 232 g/mol. The molecule has 0 heterocycles. The minimum atomic E-state index is -4.58. The molecule has 78 valence electrons. The minimum Gasteiger partial charge on any atom is -0.189 e. The summed E-state index contributed by atoms with van der Waals surface area (Å²) >= 11 is 0. The third kappa shape index (κ3) is 2.42. The van der Waals surface area contributed by atoms with Gasteiger partial charge in [-0.25, -0.2) is 0 Å². The summed E-state index contributed by atoms with van der Waals surface area (Å²) in [5, 5.41) is 0.641. The average Bonchev–Trinajstić information content (AvgIpc) is 2.01. The molecule has 5 heteroatoms. The second-order valence-corrected chi connectivity index (χ2v) is 10.5. The van der Waals surface area contributed by atoms with Crippen LogP contribution in [0, 0.1) is 0 Å². The van der Waals surface area contributed by atoms with E-state index in [1.54, 1.807) is 12.1 Å². The van der Waals surface area contributed by atoms with E-state index in [0.29, 0.717) is 5.19 Å². The van der Waals surface area contributed by atoms with Gasteiger partial charge in [0, 0.05) is 0 Å². The van der Waals surface area contributed by atoms with Crippen LogP contribution in [-0.2, 0) is 10.2 Å². The summed E-state index contributed by atoms with van der Waals surface area (Å²) in [6, 6.07) is 6.29. The van der Waals surface area contributed by atoms with Gasteiger partial charge in [-0.1, -0.05) is 37.8 Å². The standard InChI is InChI=1S/C9H13FO2SSi/c1-14(2,3)9-7-5-4-6-8(9)13(10,11)12/h4-7H,1-3H3. The summed E-state index contributed by atoms with van der Waals surface area (Å²) in [5.41, 5.74) is 0. The molecule has 0 radical (unpaired) electrons. The highest BCUT2D eigenvalue weighted by molar-refractivity contribution is 7.86. The summed E-state index contributed by atoms with van der Waals surface area (Å²) in [5.74, 6) is 0. The molecule has 0 aliphatic rings. The summed E-state index contributed by atoms with van der Waals surface area (Å²) in [6.45, 7) is 5.95. The first kappa shape index (κ1) is 11.4. The molecule has 0 aliphatic heterocycles. The summed E-state index contributed by atoms with van der Waals surface area (Å²) in [4.78, 5) is -0.167. The Morgan fingerprint density at radius 2 is 1.64 bits per heavy atom. The van der Waals surface area contributed by atoms with E-state index >= 15 is 0 Å². The zero-order valence-electron chi connectivity index (χ0n) is 8.41. The molecule has 0 aliphatic carbocycles. The second kappa shape index (κ2) is 3.47. The zero-order chi connectivity index (χ0) is 11.0. The highest BCUT2D eigenvalue weighted by Crippen LogP contribution is 2.14. The van der Waals surface area contributed by atoms with Crippen molar-refractivity contribution < 1.29 is 12.3 Å². The maximum absolute atomic E-state index is 12.9. The molecular formula is C9H13FO2SSi. The van der Waals surface area contributed by atoms with Crippen LogP contribution in [0.4, 0.5) is 3.89 Å². The predicted molar refractivity (Wildman–Crippen MR) is 57.7 cm³/mol. The van der Waals surface area contributed by atoms with E-state index in [2.05, 4.69) is 0 Å². The molecule has 14 heavy (non-hydrogen) atoms. The molecule has 1 aromatic carbocycles. The van der Waals surface area contributed by atoms with Crippen molar-refractivity contribution >= 4 is 23.5 Å². The Balaban J connectivity index is 3.47. The molecule has 2 nitrogen and oxygen atoms in total. The Morgan fingerprint density at radius 1 is 1.14 bits per heavy atom. The molecule has 0 atom stereocenters. The Kier molecular flexibility index (Phi) is 2.82. The van der Waals surface area contributed by atoms with Crippen LogP contribution >= 0.6 is 0 Å². The first-order valence-electron chi connectivity index (χ1n) is 4.27. The highest BCUT2D eigenvalue weighted by atomic mass is 32.3. The normalized spacial score (nSPS) is 12.9. The topological polar surface area (TPSA) is 34.1 Å². The van der Waals surface area contributed by atoms with Crippen LogP contribution in [0.25, 0.3) is 0 Å². The van der Waals surface area contributed by atoms with Gasteiger partial charge in [-0.15, -0.1) is 3.89 Å². The van der Waals surface area contributed by atoms with Crippen LogP contribution in [0.1, 0.15) is 0 Å². The second-order valence-electron chi connectivity index (χ2n) is 4.18. The van der Waals surface area contributed by atoms with Crippen molar-refractivity contribution in [2.75, 3.05) is 0 Å². The lowest BCUT2D eigenvalue weighted by Gasteiger charge is -2.18. The lowest BCUT2D eigenvalue weighted by Crippen LogP contribution is -2.40. The van der Waals surface area contributed by atoms with Crippen molar-refractivity contribution in [3.8, 4) is 0 Å². The van der Waals surface area contributed by atoms with E-state index in [-0.39, 0.29) is 4.90 Å². The number of rotatable bonds is 2. The van der Waals surface area contributed by atoms with Gasteiger partial charge in [-0.2, -0.15) is 8.42 Å². The van der Waals surface area contributed by atoms with E-state index < -0.39 is 18.3 Å². The van der Waals surface area contributed by atoms with Crippen molar-refractivity contribution in [1.82, 2.24) is 0 Å². The van der Waals surface area contributed by atoms with Crippen LogP contribution in [0.15, 0.2) is 29.2 Å². The van der Waals surface area contributed by atoms with Gasteiger partial charge in [0.25, 0.3) is 0 Å². The van der Waals surface area contributed by atoms with E-state index in [1.807, 2.05) is 19.6 Å². The largest absolute Gasteiger partial charge is 0.331 e. The maximum atomic E-state index is 12.9. The predicted octanol–water partition coefficient (Wildman–Crippen LogP) is 1.89. The van der Waals surface area contributed by atoms with Crippen LogP contribution in [0.3, 0.4) is 0 Å². The van der Waals surface area contributed by atoms with Crippen LogP contribution in [0.5, 0.6) is 0 Å². The lowest BCUT2D eigenvalue weighted by atomic mass is 10.4. The molecule has 0 N–H and O–H groups in total. The van der Waals surface area contributed by atoms with Gasteiger partial charge in [-0.05, 0) is 11.3 Å². The molecule has 0 aromatic heterocycles. The van der Waals surface area contributed by atoms with Crippen LogP contribution < -0.4 is 5.19 Å². The average molecular weight is 232 g/mol. The minimum absolute atomic E-state index is 0.167. The number of hydrogen-bond donors (Lipinski definition) is 0. The molecule has 0 bridgehead atoms. The molecule has 0 amide bonds. The SMILES string of the molecule is C[Si](C)(C)c1ccccc1S(=O)(=O)F. The summed E-state index contributed by atoms with van der Waals surface area (Å²) in [6.07, 6.45) is 0. The third-order valence-electron chi connectivity index (χ3n) is 1.96. The number of halogens is 1. The van der Waals surface area contributed by atoms with Crippen molar-refractivity contribution in [2.45, 2.75) is 24.5 Å². The fraction of sp³-hybridized carbons (Fsp3) is 0.333.